The number of nitrogens with one attached hydrogen (secondary N) is 1. The van der Waals surface area contributed by atoms with Gasteiger partial charge in [-0.05, 0) is 42.7 Å². The second-order valence-electron chi connectivity index (χ2n) is 5.79. The van der Waals surface area contributed by atoms with E-state index in [0.29, 0.717) is 11.4 Å². The van der Waals surface area contributed by atoms with E-state index in [1.54, 1.807) is 12.1 Å². The molecule has 0 radical (unpaired) electrons. The van der Waals surface area contributed by atoms with E-state index in [4.69, 9.17) is 5.11 Å². The second kappa shape index (κ2) is 6.12. The molecule has 1 aromatic carbocycles. The standard InChI is InChI=1S/C17H16FNO3S/c18-12-4-2-11(3-5-12)17(8-1-9-17)10-19-15(20)13-6-7-14(23-13)16(21)22/h2-7H,1,8-10H2,(H,19,20)(H,21,22). The van der Waals surface area contributed by atoms with Gasteiger partial charge in [0.05, 0.1) is 4.88 Å². The molecule has 1 heterocycles. The lowest BCUT2D eigenvalue weighted by atomic mass is 9.64. The summed E-state index contributed by atoms with van der Waals surface area (Å²) in [4.78, 5) is 23.6. The lowest BCUT2D eigenvalue weighted by Gasteiger charge is -2.42. The number of rotatable bonds is 5. The smallest absolute Gasteiger partial charge is 0.345 e. The molecule has 0 saturated heterocycles. The highest BCUT2D eigenvalue weighted by Crippen LogP contribution is 2.43. The Morgan fingerprint density at radius 2 is 1.78 bits per heavy atom. The van der Waals surface area contributed by atoms with Gasteiger partial charge in [-0.1, -0.05) is 18.6 Å². The van der Waals surface area contributed by atoms with Crippen molar-refractivity contribution in [1.82, 2.24) is 5.32 Å². The largest absolute Gasteiger partial charge is 0.477 e. The number of thiophene rings is 1. The van der Waals surface area contributed by atoms with Gasteiger partial charge in [-0.25, -0.2) is 9.18 Å². The third-order valence-electron chi connectivity index (χ3n) is 4.40. The predicted octanol–water partition coefficient (Wildman–Crippen LogP) is 3.44. The highest BCUT2D eigenvalue weighted by molar-refractivity contribution is 7.15. The van der Waals surface area contributed by atoms with Crippen molar-refractivity contribution in [2.24, 2.45) is 0 Å². The van der Waals surface area contributed by atoms with Crippen LogP contribution in [0.15, 0.2) is 36.4 Å². The van der Waals surface area contributed by atoms with Crippen molar-refractivity contribution in [3.8, 4) is 0 Å². The van der Waals surface area contributed by atoms with Crippen LogP contribution in [0.25, 0.3) is 0 Å². The third-order valence-corrected chi connectivity index (χ3v) is 5.47. The lowest BCUT2D eigenvalue weighted by Crippen LogP contribution is -2.45. The number of carbonyl (C=O) groups is 2. The normalized spacial score (nSPS) is 15.7. The summed E-state index contributed by atoms with van der Waals surface area (Å²) >= 11 is 0.962. The number of carbonyl (C=O) groups excluding carboxylic acids is 1. The minimum atomic E-state index is -1.03. The molecule has 2 N–H and O–H groups in total. The summed E-state index contributed by atoms with van der Waals surface area (Å²) in [5.74, 6) is -1.57. The van der Waals surface area contributed by atoms with Crippen LogP contribution in [0.5, 0.6) is 0 Å². The molecule has 4 nitrogen and oxygen atoms in total. The fourth-order valence-corrected chi connectivity index (χ4v) is 3.65. The van der Waals surface area contributed by atoms with E-state index in [1.165, 1.54) is 24.3 Å². The maximum atomic E-state index is 13.1. The Morgan fingerprint density at radius 1 is 1.13 bits per heavy atom. The first kappa shape index (κ1) is 15.7. The quantitative estimate of drug-likeness (QED) is 0.881. The molecule has 1 fully saturated rings. The van der Waals surface area contributed by atoms with Gasteiger partial charge in [0.1, 0.15) is 10.7 Å². The van der Waals surface area contributed by atoms with Crippen LogP contribution in [0.3, 0.4) is 0 Å². The van der Waals surface area contributed by atoms with Crippen LogP contribution in [-0.2, 0) is 5.41 Å². The van der Waals surface area contributed by atoms with Crippen molar-refractivity contribution in [3.63, 3.8) is 0 Å². The molecule has 23 heavy (non-hydrogen) atoms. The Hall–Kier alpha value is -2.21. The van der Waals surface area contributed by atoms with Crippen molar-refractivity contribution in [1.29, 1.82) is 0 Å². The van der Waals surface area contributed by atoms with Crippen LogP contribution in [-0.4, -0.2) is 23.5 Å². The van der Waals surface area contributed by atoms with Crippen molar-refractivity contribution >= 4 is 23.2 Å². The van der Waals surface area contributed by atoms with E-state index in [-0.39, 0.29) is 22.0 Å². The van der Waals surface area contributed by atoms with Crippen molar-refractivity contribution < 1.29 is 19.1 Å². The van der Waals surface area contributed by atoms with E-state index in [9.17, 15) is 14.0 Å². The topological polar surface area (TPSA) is 66.4 Å². The van der Waals surface area contributed by atoms with Gasteiger partial charge in [0.15, 0.2) is 0 Å². The molecule has 1 amide bonds. The number of carboxylic acid groups (broad SMARTS) is 1. The molecular formula is C17H16FNO3S. The molecule has 1 aromatic heterocycles. The highest BCUT2D eigenvalue weighted by atomic mass is 32.1. The molecule has 1 aliphatic carbocycles. The Morgan fingerprint density at radius 3 is 2.30 bits per heavy atom. The first-order chi connectivity index (χ1) is 11.0. The van der Waals surface area contributed by atoms with Gasteiger partial charge in [0.2, 0.25) is 0 Å². The number of amides is 1. The van der Waals surface area contributed by atoms with Crippen LogP contribution in [0.1, 0.15) is 44.2 Å². The van der Waals surface area contributed by atoms with E-state index < -0.39 is 5.97 Å². The molecular weight excluding hydrogens is 317 g/mol. The van der Waals surface area contributed by atoms with E-state index >= 15 is 0 Å². The highest BCUT2D eigenvalue weighted by Gasteiger charge is 2.38. The summed E-state index contributed by atoms with van der Waals surface area (Å²) in [6.07, 6.45) is 2.98. The van der Waals surface area contributed by atoms with Gasteiger partial charge in [0.25, 0.3) is 5.91 Å². The molecule has 3 rings (SSSR count). The third kappa shape index (κ3) is 3.12. The number of benzene rings is 1. The van der Waals surface area contributed by atoms with Gasteiger partial charge in [-0.2, -0.15) is 0 Å². The molecule has 6 heteroatoms. The summed E-state index contributed by atoms with van der Waals surface area (Å²) in [5.41, 5.74) is 0.888. The molecule has 1 saturated carbocycles. The summed E-state index contributed by atoms with van der Waals surface area (Å²) in [5, 5.41) is 11.8. The lowest BCUT2D eigenvalue weighted by molar-refractivity contribution is 0.0702. The SMILES string of the molecule is O=C(O)c1ccc(C(=O)NCC2(c3ccc(F)cc3)CCC2)s1. The molecule has 0 unspecified atom stereocenters. The summed E-state index contributed by atoms with van der Waals surface area (Å²) in [6, 6.07) is 9.38. The monoisotopic (exact) mass is 333 g/mol. The number of carboxylic acids is 1. The number of halogens is 1. The van der Waals surface area contributed by atoms with Crippen LogP contribution in [0, 0.1) is 5.82 Å². The van der Waals surface area contributed by atoms with Gasteiger partial charge in [-0.15, -0.1) is 11.3 Å². The van der Waals surface area contributed by atoms with E-state index in [2.05, 4.69) is 5.32 Å². The van der Waals surface area contributed by atoms with E-state index in [0.717, 1.165) is 36.2 Å². The Balaban J connectivity index is 1.69. The number of aromatic carboxylic acids is 1. The maximum Gasteiger partial charge on any atom is 0.345 e. The van der Waals surface area contributed by atoms with Gasteiger partial charge in [-0.3, -0.25) is 4.79 Å². The first-order valence-electron chi connectivity index (χ1n) is 7.38. The van der Waals surface area contributed by atoms with Crippen molar-refractivity contribution in [2.45, 2.75) is 24.7 Å². The first-order valence-corrected chi connectivity index (χ1v) is 8.19. The Kier molecular flexibility index (Phi) is 4.17. The minimum Gasteiger partial charge on any atom is -0.477 e. The van der Waals surface area contributed by atoms with Gasteiger partial charge < -0.3 is 10.4 Å². The number of hydrogen-bond acceptors (Lipinski definition) is 3. The molecule has 0 bridgehead atoms. The van der Waals surface area contributed by atoms with Gasteiger partial charge in [0, 0.05) is 12.0 Å². The zero-order chi connectivity index (χ0) is 16.4. The Bertz CT molecular complexity index is 735. The van der Waals surface area contributed by atoms with Crippen LogP contribution in [0.2, 0.25) is 0 Å². The molecule has 0 spiro atoms. The van der Waals surface area contributed by atoms with Crippen LogP contribution in [0.4, 0.5) is 4.39 Å². The molecule has 1 aliphatic rings. The van der Waals surface area contributed by atoms with E-state index in [1.807, 2.05) is 0 Å². The van der Waals surface area contributed by atoms with Crippen LogP contribution < -0.4 is 5.32 Å². The summed E-state index contributed by atoms with van der Waals surface area (Å²) in [7, 11) is 0. The zero-order valence-electron chi connectivity index (χ0n) is 12.3. The van der Waals surface area contributed by atoms with Gasteiger partial charge >= 0.3 is 5.97 Å². The van der Waals surface area contributed by atoms with Crippen molar-refractivity contribution in [2.75, 3.05) is 6.54 Å². The minimum absolute atomic E-state index is 0.143. The summed E-state index contributed by atoms with van der Waals surface area (Å²) < 4.78 is 13.1. The van der Waals surface area contributed by atoms with Crippen molar-refractivity contribution in [3.05, 3.63) is 57.5 Å². The molecule has 120 valence electrons. The second-order valence-corrected chi connectivity index (χ2v) is 6.88. The average molecular weight is 333 g/mol. The predicted molar refractivity (Wildman–Crippen MR) is 85.5 cm³/mol. The fraction of sp³-hybridized carbons (Fsp3) is 0.294. The average Bonchev–Trinajstić information content (AvgIpc) is 2.98. The molecule has 0 aliphatic heterocycles. The Labute approximate surface area is 137 Å². The summed E-state index contributed by atoms with van der Waals surface area (Å²) in [6.45, 7) is 0.470. The molecule has 0 atom stereocenters. The maximum absolute atomic E-state index is 13.1. The number of hydrogen-bond donors (Lipinski definition) is 2. The fourth-order valence-electron chi connectivity index (χ4n) is 2.89. The zero-order valence-corrected chi connectivity index (χ0v) is 13.2. The van der Waals surface area contributed by atoms with Crippen LogP contribution >= 0.6 is 11.3 Å². The molecule has 2 aromatic rings.